The van der Waals surface area contributed by atoms with Gasteiger partial charge in [0, 0.05) is 23.2 Å². The molecule has 1 aliphatic rings. The summed E-state index contributed by atoms with van der Waals surface area (Å²) in [5.41, 5.74) is 10.7. The number of aliphatic carboxylic acids is 1. The van der Waals surface area contributed by atoms with E-state index in [-0.39, 0.29) is 0 Å². The highest BCUT2D eigenvalue weighted by atomic mass is 16.4. The molecule has 0 unspecified atom stereocenters. The van der Waals surface area contributed by atoms with Crippen LogP contribution in [0.5, 0.6) is 0 Å². The Morgan fingerprint density at radius 3 is 2.17 bits per heavy atom. The quantitative estimate of drug-likeness (QED) is 0.197. The molecule has 4 nitrogen and oxygen atoms in total. The third kappa shape index (κ3) is 11.7. The molecule has 1 aliphatic carbocycles. The number of benzene rings is 1. The molecule has 2 aromatic rings. The van der Waals surface area contributed by atoms with Gasteiger partial charge in [-0.1, -0.05) is 88.6 Å². The molecule has 194 valence electrons. The number of rotatable bonds is 15. The van der Waals surface area contributed by atoms with E-state index in [9.17, 15) is 4.79 Å². The Kier molecular flexibility index (Phi) is 14.8. The number of aryl methyl sites for hydroxylation is 1. The van der Waals surface area contributed by atoms with E-state index in [1.165, 1.54) is 94.7 Å². The SMILES string of the molecule is CCCCCCCC/C=C\CCCCCCCC(=O)O.Nc1c2c(nc3ccccc13)CCCC2. The summed E-state index contributed by atoms with van der Waals surface area (Å²) in [6.07, 6.45) is 25.9. The average Bonchev–Trinajstić information content (AvgIpc) is 2.87. The van der Waals surface area contributed by atoms with Crippen molar-refractivity contribution in [2.24, 2.45) is 0 Å². The van der Waals surface area contributed by atoms with Crippen LogP contribution in [0.3, 0.4) is 0 Å². The molecule has 0 fully saturated rings. The fourth-order valence-electron chi connectivity index (χ4n) is 4.76. The molecule has 0 atom stereocenters. The van der Waals surface area contributed by atoms with Crippen LogP contribution in [0.2, 0.25) is 0 Å². The highest BCUT2D eigenvalue weighted by molar-refractivity contribution is 5.92. The molecule has 4 heteroatoms. The zero-order valence-electron chi connectivity index (χ0n) is 22.1. The van der Waals surface area contributed by atoms with E-state index in [1.807, 2.05) is 18.2 Å². The lowest BCUT2D eigenvalue weighted by molar-refractivity contribution is -0.137. The molecule has 3 rings (SSSR count). The van der Waals surface area contributed by atoms with Gasteiger partial charge in [-0.3, -0.25) is 9.78 Å². The van der Waals surface area contributed by atoms with Gasteiger partial charge in [0.15, 0.2) is 0 Å². The van der Waals surface area contributed by atoms with Gasteiger partial charge in [0.2, 0.25) is 0 Å². The number of pyridine rings is 1. The number of fused-ring (bicyclic) bond motifs is 2. The molecule has 1 aromatic heterocycles. The van der Waals surface area contributed by atoms with Gasteiger partial charge in [0.25, 0.3) is 0 Å². The van der Waals surface area contributed by atoms with Gasteiger partial charge in [-0.2, -0.15) is 0 Å². The van der Waals surface area contributed by atoms with E-state index < -0.39 is 5.97 Å². The Bertz CT molecular complexity index is 891. The van der Waals surface area contributed by atoms with Crippen LogP contribution in [-0.4, -0.2) is 16.1 Å². The standard InChI is InChI=1S/C18H34O2.C13H14N2/c1-2-3-4-5-6-7-8-9-10-11-12-13-14-15-16-17-18(19)20;14-13-9-5-1-3-7-11(9)15-12-8-4-2-6-10(12)13/h9-10H,2-8,11-17H2,1H3,(H,19,20);1,3,5,7H,2,4,6,8H2,(H2,14,15)/b10-9-;. The van der Waals surface area contributed by atoms with Gasteiger partial charge >= 0.3 is 5.97 Å². The molecule has 35 heavy (non-hydrogen) atoms. The van der Waals surface area contributed by atoms with Crippen molar-refractivity contribution in [2.75, 3.05) is 5.73 Å². The minimum atomic E-state index is -0.664. The molecule has 0 bridgehead atoms. The van der Waals surface area contributed by atoms with E-state index in [1.54, 1.807) is 0 Å². The van der Waals surface area contributed by atoms with Crippen molar-refractivity contribution in [2.45, 2.75) is 122 Å². The number of para-hydroxylation sites is 1. The number of nitrogen functional groups attached to an aromatic ring is 1. The first-order chi connectivity index (χ1) is 17.1. The third-order valence-electron chi connectivity index (χ3n) is 6.87. The summed E-state index contributed by atoms with van der Waals surface area (Å²) >= 11 is 0. The van der Waals surface area contributed by atoms with Gasteiger partial charge in [-0.25, -0.2) is 0 Å². The Hall–Kier alpha value is -2.36. The number of nitrogens with two attached hydrogens (primary N) is 1. The number of nitrogens with zero attached hydrogens (tertiary/aromatic N) is 1. The second kappa shape index (κ2) is 18.0. The van der Waals surface area contributed by atoms with E-state index in [0.29, 0.717) is 6.42 Å². The molecule has 0 aliphatic heterocycles. The summed E-state index contributed by atoms with van der Waals surface area (Å²) in [4.78, 5) is 15.0. The Morgan fingerprint density at radius 1 is 0.886 bits per heavy atom. The van der Waals surface area contributed by atoms with Crippen molar-refractivity contribution < 1.29 is 9.90 Å². The largest absolute Gasteiger partial charge is 0.481 e. The molecular weight excluding hydrogens is 432 g/mol. The summed E-state index contributed by atoms with van der Waals surface area (Å²) < 4.78 is 0. The predicted molar refractivity (Wildman–Crippen MR) is 150 cm³/mol. The summed E-state index contributed by atoms with van der Waals surface area (Å²) in [5, 5.41) is 9.62. The summed E-state index contributed by atoms with van der Waals surface area (Å²) in [5.74, 6) is -0.664. The molecule has 0 amide bonds. The van der Waals surface area contributed by atoms with Crippen LogP contribution in [0.4, 0.5) is 5.69 Å². The van der Waals surface area contributed by atoms with E-state index in [0.717, 1.165) is 42.3 Å². The van der Waals surface area contributed by atoms with Gasteiger partial charge < -0.3 is 10.8 Å². The zero-order chi connectivity index (χ0) is 25.1. The molecule has 1 heterocycles. The molecular formula is C31H48N2O2. The van der Waals surface area contributed by atoms with Gasteiger partial charge in [-0.05, 0) is 69.4 Å². The second-order valence-electron chi connectivity index (χ2n) is 9.90. The van der Waals surface area contributed by atoms with Crippen molar-refractivity contribution in [1.29, 1.82) is 0 Å². The maximum absolute atomic E-state index is 10.3. The van der Waals surface area contributed by atoms with Crippen LogP contribution >= 0.6 is 0 Å². The van der Waals surface area contributed by atoms with Crippen LogP contribution < -0.4 is 5.73 Å². The lowest BCUT2D eigenvalue weighted by Gasteiger charge is -2.18. The normalized spacial score (nSPS) is 12.9. The molecule has 0 radical (unpaired) electrons. The lowest BCUT2D eigenvalue weighted by atomic mass is 9.93. The van der Waals surface area contributed by atoms with E-state index in [4.69, 9.17) is 15.8 Å². The average molecular weight is 481 g/mol. The number of anilines is 1. The van der Waals surface area contributed by atoms with E-state index in [2.05, 4.69) is 25.1 Å². The fourth-order valence-corrected chi connectivity index (χ4v) is 4.76. The number of hydrogen-bond donors (Lipinski definition) is 2. The minimum absolute atomic E-state index is 0.332. The van der Waals surface area contributed by atoms with Crippen LogP contribution in [0.25, 0.3) is 10.9 Å². The lowest BCUT2D eigenvalue weighted by Crippen LogP contribution is -2.09. The van der Waals surface area contributed by atoms with Gasteiger partial charge in [0.05, 0.1) is 5.52 Å². The number of carboxylic acid groups (broad SMARTS) is 1. The fraction of sp³-hybridized carbons (Fsp3) is 0.613. The number of hydrogen-bond acceptors (Lipinski definition) is 3. The maximum Gasteiger partial charge on any atom is 0.303 e. The number of aromatic nitrogens is 1. The number of carbonyl (C=O) groups is 1. The minimum Gasteiger partial charge on any atom is -0.481 e. The third-order valence-corrected chi connectivity index (χ3v) is 6.87. The zero-order valence-corrected chi connectivity index (χ0v) is 22.1. The summed E-state index contributed by atoms with van der Waals surface area (Å²) in [7, 11) is 0. The van der Waals surface area contributed by atoms with Crippen molar-refractivity contribution in [1.82, 2.24) is 4.98 Å². The highest BCUT2D eigenvalue weighted by Crippen LogP contribution is 2.30. The maximum atomic E-state index is 10.3. The Morgan fingerprint density at radius 2 is 1.49 bits per heavy atom. The van der Waals surface area contributed by atoms with Crippen molar-refractivity contribution in [3.8, 4) is 0 Å². The van der Waals surface area contributed by atoms with Crippen molar-refractivity contribution >= 4 is 22.6 Å². The Balaban J connectivity index is 0.000000254. The Labute approximate surface area is 213 Å². The topological polar surface area (TPSA) is 76.2 Å². The first-order valence-corrected chi connectivity index (χ1v) is 14.2. The molecule has 0 saturated heterocycles. The van der Waals surface area contributed by atoms with E-state index >= 15 is 0 Å². The van der Waals surface area contributed by atoms with Crippen molar-refractivity contribution in [3.05, 3.63) is 47.7 Å². The molecule has 3 N–H and O–H groups in total. The molecule has 1 aromatic carbocycles. The highest BCUT2D eigenvalue weighted by Gasteiger charge is 2.15. The first kappa shape index (κ1) is 28.9. The molecule has 0 spiro atoms. The predicted octanol–water partition coefficient (Wildman–Crippen LogP) is 8.80. The number of allylic oxidation sites excluding steroid dienone is 2. The number of carboxylic acids is 1. The second-order valence-corrected chi connectivity index (χ2v) is 9.90. The van der Waals surface area contributed by atoms with Crippen LogP contribution in [-0.2, 0) is 17.6 Å². The van der Waals surface area contributed by atoms with Crippen molar-refractivity contribution in [3.63, 3.8) is 0 Å². The number of unbranched alkanes of at least 4 members (excludes halogenated alkanes) is 11. The van der Waals surface area contributed by atoms with Crippen LogP contribution in [0.15, 0.2) is 36.4 Å². The summed E-state index contributed by atoms with van der Waals surface area (Å²) in [6.45, 7) is 2.26. The monoisotopic (exact) mass is 480 g/mol. The van der Waals surface area contributed by atoms with Crippen LogP contribution in [0, 0.1) is 0 Å². The van der Waals surface area contributed by atoms with Crippen LogP contribution in [0.1, 0.15) is 121 Å². The first-order valence-electron chi connectivity index (χ1n) is 14.2. The van der Waals surface area contributed by atoms with Gasteiger partial charge in [0.1, 0.15) is 0 Å². The summed E-state index contributed by atoms with van der Waals surface area (Å²) in [6, 6.07) is 8.15. The smallest absolute Gasteiger partial charge is 0.303 e. The molecule has 0 saturated carbocycles. The van der Waals surface area contributed by atoms with Gasteiger partial charge in [-0.15, -0.1) is 0 Å².